The Labute approximate surface area is 209 Å². The maximum absolute atomic E-state index is 12.4. The molecule has 36 heavy (non-hydrogen) atoms. The molecule has 0 spiro atoms. The van der Waals surface area contributed by atoms with Crippen molar-refractivity contribution in [2.45, 2.75) is 18.0 Å². The first-order chi connectivity index (χ1) is 17.4. The summed E-state index contributed by atoms with van der Waals surface area (Å²) in [7, 11) is -3.19. The monoisotopic (exact) mass is 495 g/mol. The van der Waals surface area contributed by atoms with Crippen LogP contribution in [0.25, 0.3) is 33.3 Å². The van der Waals surface area contributed by atoms with Gasteiger partial charge in [-0.2, -0.15) is 0 Å². The molecule has 0 fully saturated rings. The van der Waals surface area contributed by atoms with Crippen molar-refractivity contribution >= 4 is 20.7 Å². The molecule has 0 unspecified atom stereocenters. The van der Waals surface area contributed by atoms with Gasteiger partial charge < -0.3 is 10.3 Å². The van der Waals surface area contributed by atoms with Gasteiger partial charge in [-0.25, -0.2) is 13.4 Å². The minimum Gasteiger partial charge on any atom is -0.328 e. The van der Waals surface area contributed by atoms with E-state index in [1.807, 2.05) is 66.7 Å². The van der Waals surface area contributed by atoms with E-state index in [0.29, 0.717) is 28.9 Å². The molecule has 0 bridgehead atoms. The van der Waals surface area contributed by atoms with Crippen LogP contribution in [0.1, 0.15) is 11.1 Å². The Morgan fingerprint density at radius 2 is 1.44 bits per heavy atom. The number of aromatic nitrogens is 2. The summed E-state index contributed by atoms with van der Waals surface area (Å²) in [4.78, 5) is 20.3. The number of nitrogens with one attached hydrogen (secondary N) is 2. The predicted molar refractivity (Wildman–Crippen MR) is 143 cm³/mol. The lowest BCUT2D eigenvalue weighted by molar-refractivity contribution is 0.602. The number of hydrogen-bond acceptors (Lipinski definition) is 5. The Balaban J connectivity index is 1.37. The minimum atomic E-state index is -3.19. The Hall–Kier alpha value is -4.07. The Morgan fingerprint density at radius 1 is 0.806 bits per heavy atom. The van der Waals surface area contributed by atoms with E-state index < -0.39 is 9.84 Å². The molecular formula is C29H25N3O3S. The van der Waals surface area contributed by atoms with E-state index >= 15 is 0 Å². The second-order valence-corrected chi connectivity index (χ2v) is 10.7. The number of benzene rings is 3. The molecule has 180 valence electrons. The van der Waals surface area contributed by atoms with Crippen LogP contribution in [-0.4, -0.2) is 24.6 Å². The Bertz CT molecular complexity index is 1680. The first kappa shape index (κ1) is 23.7. The summed E-state index contributed by atoms with van der Waals surface area (Å²) in [6.07, 6.45) is 2.83. The molecule has 0 aliphatic heterocycles. The predicted octanol–water partition coefficient (Wildman–Crippen LogP) is 4.95. The van der Waals surface area contributed by atoms with E-state index in [9.17, 15) is 13.2 Å². The van der Waals surface area contributed by atoms with Crippen molar-refractivity contribution in [2.24, 2.45) is 0 Å². The molecule has 2 N–H and O–H groups in total. The van der Waals surface area contributed by atoms with Gasteiger partial charge in [-0.15, -0.1) is 0 Å². The lowest BCUT2D eigenvalue weighted by Gasteiger charge is -2.12. The molecule has 3 aromatic carbocycles. The molecule has 6 nitrogen and oxygen atoms in total. The highest BCUT2D eigenvalue weighted by atomic mass is 32.2. The van der Waals surface area contributed by atoms with Gasteiger partial charge in [0.1, 0.15) is 0 Å². The summed E-state index contributed by atoms with van der Waals surface area (Å²) in [5.41, 5.74) is 6.32. The topological polar surface area (TPSA) is 91.9 Å². The summed E-state index contributed by atoms with van der Waals surface area (Å²) in [5, 5.41) is 3.96. The van der Waals surface area contributed by atoms with E-state index in [1.54, 1.807) is 18.3 Å². The van der Waals surface area contributed by atoms with Gasteiger partial charge >= 0.3 is 0 Å². The van der Waals surface area contributed by atoms with Gasteiger partial charge in [-0.1, -0.05) is 66.7 Å². The van der Waals surface area contributed by atoms with Crippen LogP contribution in [0.4, 0.5) is 0 Å². The third kappa shape index (κ3) is 5.12. The van der Waals surface area contributed by atoms with Crippen molar-refractivity contribution in [2.75, 3.05) is 6.26 Å². The van der Waals surface area contributed by atoms with Gasteiger partial charge in [0.25, 0.3) is 5.56 Å². The van der Waals surface area contributed by atoms with Crippen molar-refractivity contribution in [1.82, 2.24) is 15.3 Å². The summed E-state index contributed by atoms with van der Waals surface area (Å²) >= 11 is 0. The average Bonchev–Trinajstić information content (AvgIpc) is 2.89. The fourth-order valence-electron chi connectivity index (χ4n) is 4.15. The van der Waals surface area contributed by atoms with Crippen molar-refractivity contribution in [3.63, 3.8) is 0 Å². The zero-order valence-corrected chi connectivity index (χ0v) is 20.5. The molecule has 7 heteroatoms. The zero-order chi connectivity index (χ0) is 25.1. The van der Waals surface area contributed by atoms with E-state index in [0.717, 1.165) is 33.5 Å². The van der Waals surface area contributed by atoms with Gasteiger partial charge in [-0.05, 0) is 41.0 Å². The first-order valence-electron chi connectivity index (χ1n) is 11.6. The molecule has 2 aromatic heterocycles. The van der Waals surface area contributed by atoms with Crippen molar-refractivity contribution in [3.05, 3.63) is 119 Å². The van der Waals surface area contributed by atoms with Gasteiger partial charge in [0, 0.05) is 36.7 Å². The molecule has 0 radical (unpaired) electrons. The van der Waals surface area contributed by atoms with Crippen molar-refractivity contribution in [3.8, 4) is 22.4 Å². The Kier molecular flexibility index (Phi) is 6.50. The largest absolute Gasteiger partial charge is 0.328 e. The molecule has 5 rings (SSSR count). The molecule has 0 amide bonds. The van der Waals surface area contributed by atoms with Crippen LogP contribution >= 0.6 is 0 Å². The lowest BCUT2D eigenvalue weighted by Crippen LogP contribution is -2.12. The van der Waals surface area contributed by atoms with E-state index in [2.05, 4.69) is 22.4 Å². The van der Waals surface area contributed by atoms with Crippen LogP contribution in [0, 0.1) is 0 Å². The maximum atomic E-state index is 12.4. The van der Waals surface area contributed by atoms with Crippen LogP contribution in [0.15, 0.2) is 107 Å². The number of nitrogens with zero attached hydrogens (tertiary/aromatic N) is 1. The van der Waals surface area contributed by atoms with E-state index in [4.69, 9.17) is 4.98 Å². The van der Waals surface area contributed by atoms with Crippen LogP contribution in [0.5, 0.6) is 0 Å². The average molecular weight is 496 g/mol. The molecule has 0 aliphatic carbocycles. The highest BCUT2D eigenvalue weighted by molar-refractivity contribution is 7.90. The van der Waals surface area contributed by atoms with Crippen LogP contribution in [0.3, 0.4) is 0 Å². The third-order valence-electron chi connectivity index (χ3n) is 6.07. The summed E-state index contributed by atoms with van der Waals surface area (Å²) in [6, 6.07) is 28.8. The molecule has 0 saturated heterocycles. The molecule has 0 atom stereocenters. The fraction of sp³-hybridized carbons (Fsp3) is 0.103. The molecule has 0 saturated carbocycles. The van der Waals surface area contributed by atoms with Crippen molar-refractivity contribution < 1.29 is 8.42 Å². The van der Waals surface area contributed by atoms with Crippen molar-refractivity contribution in [1.29, 1.82) is 0 Å². The molecular weight excluding hydrogens is 470 g/mol. The minimum absolute atomic E-state index is 0.156. The van der Waals surface area contributed by atoms with Crippen LogP contribution in [-0.2, 0) is 22.9 Å². The molecule has 2 heterocycles. The normalized spacial score (nSPS) is 11.6. The van der Waals surface area contributed by atoms with Crippen LogP contribution in [0.2, 0.25) is 0 Å². The van der Waals surface area contributed by atoms with E-state index in [-0.39, 0.29) is 5.56 Å². The number of fused-ring (bicyclic) bond motifs is 1. The third-order valence-corrected chi connectivity index (χ3v) is 7.20. The number of H-pyrrole nitrogens is 1. The standard InChI is InChI=1S/C29H25N3O3S/c1-36(34,35)24-13-9-21(10-14-24)19-30-18-20-7-11-23(12-8-20)28-25(22-5-3-2-4-6-22)17-26-27(32-28)15-16-31-29(26)33/h2-17,30H,18-19H2,1H3,(H,31,33). The van der Waals surface area contributed by atoms with Gasteiger partial charge in [0.05, 0.1) is 21.5 Å². The van der Waals surface area contributed by atoms with Gasteiger partial charge in [-0.3, -0.25) is 4.79 Å². The summed E-state index contributed by atoms with van der Waals surface area (Å²) in [6.45, 7) is 1.30. The quantitative estimate of drug-likeness (QED) is 0.333. The van der Waals surface area contributed by atoms with E-state index in [1.165, 1.54) is 6.26 Å². The number of rotatable bonds is 7. The molecule has 5 aromatic rings. The zero-order valence-electron chi connectivity index (χ0n) is 19.7. The smallest absolute Gasteiger partial charge is 0.257 e. The SMILES string of the molecule is CS(=O)(=O)c1ccc(CNCc2ccc(-c3nc4cc[nH]c(=O)c4cc3-c3ccccc3)cc2)cc1. The van der Waals surface area contributed by atoms with Crippen LogP contribution < -0.4 is 10.9 Å². The summed E-state index contributed by atoms with van der Waals surface area (Å²) < 4.78 is 23.2. The number of sulfone groups is 1. The van der Waals surface area contributed by atoms with Gasteiger partial charge in [0.2, 0.25) is 0 Å². The maximum Gasteiger partial charge on any atom is 0.257 e. The fourth-order valence-corrected chi connectivity index (χ4v) is 4.78. The first-order valence-corrected chi connectivity index (χ1v) is 13.4. The second-order valence-electron chi connectivity index (χ2n) is 8.71. The van der Waals surface area contributed by atoms with Gasteiger partial charge in [0.15, 0.2) is 9.84 Å². The Morgan fingerprint density at radius 3 is 2.08 bits per heavy atom. The summed E-state index contributed by atoms with van der Waals surface area (Å²) in [5.74, 6) is 0. The highest BCUT2D eigenvalue weighted by Crippen LogP contribution is 2.32. The second kappa shape index (κ2) is 9.89. The number of aromatic amines is 1. The number of hydrogen-bond donors (Lipinski definition) is 2. The molecule has 0 aliphatic rings. The highest BCUT2D eigenvalue weighted by Gasteiger charge is 2.13. The number of pyridine rings is 2. The lowest BCUT2D eigenvalue weighted by atomic mass is 9.97.